The molecule has 0 aliphatic heterocycles. The van der Waals surface area contributed by atoms with Crippen LogP contribution in [0, 0.1) is 11.3 Å². The number of carbonyl (C=O) groups excluding carboxylic acids is 1. The third-order valence-electron chi connectivity index (χ3n) is 4.06. The molecule has 0 fully saturated rings. The summed E-state index contributed by atoms with van der Waals surface area (Å²) in [5, 5.41) is 11.4. The molecule has 0 aromatic heterocycles. The molecular weight excluding hydrogens is 390 g/mol. The molecule has 1 atom stereocenters. The average molecular weight is 416 g/mol. The Morgan fingerprint density at radius 3 is 2.24 bits per heavy atom. The Labute approximate surface area is 171 Å². The maximum absolute atomic E-state index is 12.5. The van der Waals surface area contributed by atoms with Crippen LogP contribution in [0.2, 0.25) is 0 Å². The van der Waals surface area contributed by atoms with Crippen LogP contribution in [0.25, 0.3) is 0 Å². The van der Waals surface area contributed by atoms with E-state index >= 15 is 0 Å². The molecule has 0 aliphatic rings. The van der Waals surface area contributed by atoms with E-state index in [0.717, 1.165) is 11.3 Å². The monoisotopic (exact) mass is 415 g/mol. The van der Waals surface area contributed by atoms with Crippen molar-refractivity contribution in [3.63, 3.8) is 0 Å². The highest BCUT2D eigenvalue weighted by atomic mass is 32.2. The Bertz CT molecular complexity index is 962. The van der Waals surface area contributed by atoms with Gasteiger partial charge in [-0.1, -0.05) is 12.1 Å². The van der Waals surface area contributed by atoms with Crippen molar-refractivity contribution in [3.8, 4) is 11.8 Å². The molecule has 2 N–H and O–H groups in total. The van der Waals surface area contributed by atoms with Gasteiger partial charge in [-0.3, -0.25) is 4.79 Å². The minimum Gasteiger partial charge on any atom is -0.491 e. The second kappa shape index (κ2) is 10.0. The molecule has 0 radical (unpaired) electrons. The van der Waals surface area contributed by atoms with Crippen molar-refractivity contribution in [2.75, 3.05) is 6.54 Å². The summed E-state index contributed by atoms with van der Waals surface area (Å²) in [5.41, 5.74) is 1.28. The van der Waals surface area contributed by atoms with Crippen molar-refractivity contribution in [2.45, 2.75) is 44.2 Å². The van der Waals surface area contributed by atoms with Gasteiger partial charge >= 0.3 is 0 Å². The number of hydrogen-bond donors (Lipinski definition) is 2. The number of amides is 1. The molecule has 154 valence electrons. The van der Waals surface area contributed by atoms with Gasteiger partial charge in [-0.2, -0.15) is 5.26 Å². The Balaban J connectivity index is 2.00. The first kappa shape index (κ1) is 22.4. The molecule has 0 bridgehead atoms. The summed E-state index contributed by atoms with van der Waals surface area (Å²) in [6.45, 7) is 5.82. The fraction of sp³-hybridized carbons (Fsp3) is 0.333. The predicted molar refractivity (Wildman–Crippen MR) is 110 cm³/mol. The maximum atomic E-state index is 12.5. The van der Waals surface area contributed by atoms with Gasteiger partial charge in [-0.25, -0.2) is 13.1 Å². The summed E-state index contributed by atoms with van der Waals surface area (Å²) >= 11 is 0. The average Bonchev–Trinajstić information content (AvgIpc) is 2.68. The first-order valence-electron chi connectivity index (χ1n) is 9.27. The minimum absolute atomic E-state index is 0.0413. The number of benzene rings is 2. The fourth-order valence-corrected chi connectivity index (χ4v) is 3.61. The van der Waals surface area contributed by atoms with Crippen LogP contribution in [-0.2, 0) is 10.0 Å². The molecule has 29 heavy (non-hydrogen) atoms. The summed E-state index contributed by atoms with van der Waals surface area (Å²) in [6.07, 6.45) is 0.175. The smallest absolute Gasteiger partial charge is 0.251 e. The molecule has 7 nitrogen and oxygen atoms in total. The van der Waals surface area contributed by atoms with Crippen LogP contribution in [-0.4, -0.2) is 27.0 Å². The van der Waals surface area contributed by atoms with Gasteiger partial charge in [0, 0.05) is 18.5 Å². The van der Waals surface area contributed by atoms with E-state index in [-0.39, 0.29) is 35.9 Å². The van der Waals surface area contributed by atoms with E-state index in [9.17, 15) is 13.2 Å². The van der Waals surface area contributed by atoms with Crippen LogP contribution in [0.1, 0.15) is 49.2 Å². The quantitative estimate of drug-likeness (QED) is 0.612. The van der Waals surface area contributed by atoms with Gasteiger partial charge < -0.3 is 10.1 Å². The van der Waals surface area contributed by atoms with Crippen molar-refractivity contribution in [1.82, 2.24) is 10.0 Å². The van der Waals surface area contributed by atoms with Crippen LogP contribution in [0.15, 0.2) is 53.4 Å². The summed E-state index contributed by atoms with van der Waals surface area (Å²) in [6, 6.07) is 14.8. The van der Waals surface area contributed by atoms with E-state index < -0.39 is 10.0 Å². The largest absolute Gasteiger partial charge is 0.491 e. The minimum atomic E-state index is -3.70. The van der Waals surface area contributed by atoms with Crippen LogP contribution < -0.4 is 14.8 Å². The van der Waals surface area contributed by atoms with Crippen LogP contribution in [0.3, 0.4) is 0 Å². The number of nitrogens with one attached hydrogen (secondary N) is 2. The highest BCUT2D eigenvalue weighted by Crippen LogP contribution is 2.19. The van der Waals surface area contributed by atoms with Crippen molar-refractivity contribution in [1.29, 1.82) is 5.26 Å². The van der Waals surface area contributed by atoms with Crippen LogP contribution in [0.5, 0.6) is 5.75 Å². The molecule has 0 saturated carbocycles. The fourth-order valence-electron chi connectivity index (χ4n) is 2.58. The summed E-state index contributed by atoms with van der Waals surface area (Å²) in [7, 11) is -3.70. The highest BCUT2D eigenvalue weighted by Gasteiger charge is 2.16. The van der Waals surface area contributed by atoms with E-state index in [1.54, 1.807) is 0 Å². The lowest BCUT2D eigenvalue weighted by atomic mass is 10.1. The number of nitriles is 1. The molecule has 1 unspecified atom stereocenters. The Morgan fingerprint density at radius 2 is 1.69 bits per heavy atom. The van der Waals surface area contributed by atoms with Gasteiger partial charge in [-0.05, 0) is 62.7 Å². The summed E-state index contributed by atoms with van der Waals surface area (Å²) in [5.74, 6) is 0.462. The molecule has 0 aliphatic carbocycles. The van der Waals surface area contributed by atoms with Gasteiger partial charge in [0.1, 0.15) is 5.75 Å². The number of hydrogen-bond acceptors (Lipinski definition) is 5. The third-order valence-corrected chi connectivity index (χ3v) is 5.53. The molecule has 0 heterocycles. The number of nitrogens with zero attached hydrogens (tertiary/aromatic N) is 1. The lowest BCUT2D eigenvalue weighted by Gasteiger charge is -2.16. The number of rotatable bonds is 9. The van der Waals surface area contributed by atoms with E-state index in [1.165, 1.54) is 24.3 Å². The third kappa shape index (κ3) is 6.59. The molecule has 2 rings (SSSR count). The van der Waals surface area contributed by atoms with Gasteiger partial charge in [0.25, 0.3) is 5.91 Å². The van der Waals surface area contributed by atoms with Gasteiger partial charge in [0.05, 0.1) is 23.1 Å². The lowest BCUT2D eigenvalue weighted by Crippen LogP contribution is -2.27. The van der Waals surface area contributed by atoms with Crippen molar-refractivity contribution in [3.05, 3.63) is 59.7 Å². The topological polar surface area (TPSA) is 108 Å². The van der Waals surface area contributed by atoms with Crippen molar-refractivity contribution < 1.29 is 17.9 Å². The van der Waals surface area contributed by atoms with Crippen molar-refractivity contribution in [2.24, 2.45) is 0 Å². The zero-order valence-corrected chi connectivity index (χ0v) is 17.5. The molecule has 0 spiro atoms. The molecule has 1 amide bonds. The first-order chi connectivity index (χ1) is 13.7. The Morgan fingerprint density at radius 1 is 1.07 bits per heavy atom. The van der Waals surface area contributed by atoms with E-state index in [1.807, 2.05) is 51.1 Å². The molecule has 0 saturated heterocycles. The summed E-state index contributed by atoms with van der Waals surface area (Å²) in [4.78, 5) is 12.5. The van der Waals surface area contributed by atoms with E-state index in [0.29, 0.717) is 5.56 Å². The van der Waals surface area contributed by atoms with Gasteiger partial charge in [0.2, 0.25) is 10.0 Å². The van der Waals surface area contributed by atoms with Crippen molar-refractivity contribution >= 4 is 15.9 Å². The number of ether oxygens (including phenoxy) is 1. The van der Waals surface area contributed by atoms with Crippen LogP contribution in [0.4, 0.5) is 0 Å². The van der Waals surface area contributed by atoms with Crippen LogP contribution >= 0.6 is 0 Å². The van der Waals surface area contributed by atoms with E-state index in [2.05, 4.69) is 10.0 Å². The lowest BCUT2D eigenvalue weighted by molar-refractivity contribution is 0.0940. The molecule has 2 aromatic rings. The molecule has 2 aromatic carbocycles. The zero-order valence-electron chi connectivity index (χ0n) is 16.7. The normalized spacial score (nSPS) is 12.2. The SMILES string of the molecule is CC(C)Oc1ccc(C(C)NC(=O)c2ccc(S(=O)(=O)NCCC#N)cc2)cc1. The molecular formula is C21H25N3O4S. The predicted octanol–water partition coefficient (Wildman–Crippen LogP) is 3.16. The zero-order chi connectivity index (χ0) is 21.4. The second-order valence-electron chi connectivity index (χ2n) is 6.76. The Kier molecular flexibility index (Phi) is 7.76. The number of carbonyl (C=O) groups is 1. The number of sulfonamides is 1. The maximum Gasteiger partial charge on any atom is 0.251 e. The second-order valence-corrected chi connectivity index (χ2v) is 8.53. The Hall–Kier alpha value is -2.89. The standard InChI is InChI=1S/C21H25N3O4S/c1-15(2)28-19-9-5-17(6-10-19)16(3)24-21(25)18-7-11-20(12-8-18)29(26,27)23-14-4-13-22/h5-12,15-16,23H,4,14H2,1-3H3,(H,24,25). The summed E-state index contributed by atoms with van der Waals surface area (Å²) < 4.78 is 32.2. The van der Waals surface area contributed by atoms with Gasteiger partial charge in [-0.15, -0.1) is 0 Å². The van der Waals surface area contributed by atoms with Gasteiger partial charge in [0.15, 0.2) is 0 Å². The highest BCUT2D eigenvalue weighted by molar-refractivity contribution is 7.89. The van der Waals surface area contributed by atoms with E-state index in [4.69, 9.17) is 10.00 Å². The molecule has 8 heteroatoms. The first-order valence-corrected chi connectivity index (χ1v) is 10.8.